The summed E-state index contributed by atoms with van der Waals surface area (Å²) < 4.78 is 21.6. The van der Waals surface area contributed by atoms with Crippen LogP contribution in [0, 0.1) is 0 Å². The molecule has 1 aliphatic heterocycles. The zero-order valence-electron chi connectivity index (χ0n) is 18.5. The summed E-state index contributed by atoms with van der Waals surface area (Å²) in [7, 11) is 4.70. The van der Waals surface area contributed by atoms with Gasteiger partial charge in [0.1, 0.15) is 5.75 Å². The van der Waals surface area contributed by atoms with E-state index in [1.807, 2.05) is 24.3 Å². The van der Waals surface area contributed by atoms with Gasteiger partial charge < -0.3 is 24.8 Å². The highest BCUT2D eigenvalue weighted by Crippen LogP contribution is 2.47. The fourth-order valence-corrected chi connectivity index (χ4v) is 4.57. The van der Waals surface area contributed by atoms with Gasteiger partial charge in [-0.25, -0.2) is 4.63 Å². The van der Waals surface area contributed by atoms with Crippen molar-refractivity contribution in [3.63, 3.8) is 0 Å². The Morgan fingerprint density at radius 3 is 2.33 bits per heavy atom. The molecule has 170 valence electrons. The summed E-state index contributed by atoms with van der Waals surface area (Å²) in [5.41, 5.74) is 3.23. The molecule has 0 saturated carbocycles. The van der Waals surface area contributed by atoms with Crippen LogP contribution in [-0.2, 0) is 4.79 Å². The summed E-state index contributed by atoms with van der Waals surface area (Å²) in [6, 6.07) is 13.1. The predicted molar refractivity (Wildman–Crippen MR) is 121 cm³/mol. The molecule has 9 heteroatoms. The number of carbonyl (C=O) groups excluding carboxylic acids is 1. The normalized spacial score (nSPS) is 19.5. The van der Waals surface area contributed by atoms with Crippen molar-refractivity contribution in [3.05, 3.63) is 64.9 Å². The molecular weight excluding hydrogens is 424 g/mol. The number of ether oxygens (including phenoxy) is 3. The Hall–Kier alpha value is -4.01. The minimum absolute atomic E-state index is 0.0361. The number of anilines is 2. The number of nitrogens with zero attached hydrogens (tertiary/aromatic N) is 2. The first-order valence-electron chi connectivity index (χ1n) is 10.6. The maximum absolute atomic E-state index is 13.6. The average Bonchev–Trinajstić information content (AvgIpc) is 3.22. The SMILES string of the molecule is COc1cc(OC)c(C2Nc3nonc3NC3=C2C(=O)CC(c2ccccc2)C3)cc1OC. The van der Waals surface area contributed by atoms with Gasteiger partial charge in [0, 0.05) is 29.3 Å². The zero-order valence-corrected chi connectivity index (χ0v) is 18.5. The lowest BCUT2D eigenvalue weighted by atomic mass is 9.78. The van der Waals surface area contributed by atoms with Crippen molar-refractivity contribution in [2.24, 2.45) is 0 Å². The van der Waals surface area contributed by atoms with Crippen LogP contribution in [0.25, 0.3) is 0 Å². The lowest BCUT2D eigenvalue weighted by Gasteiger charge is -2.30. The Kier molecular flexibility index (Phi) is 5.37. The number of allylic oxidation sites excluding steroid dienone is 1. The molecule has 2 heterocycles. The predicted octanol–water partition coefficient (Wildman–Crippen LogP) is 4.07. The number of ketones is 1. The summed E-state index contributed by atoms with van der Waals surface area (Å²) >= 11 is 0. The average molecular weight is 448 g/mol. The van der Waals surface area contributed by atoms with Crippen molar-refractivity contribution in [3.8, 4) is 17.2 Å². The molecule has 2 N–H and O–H groups in total. The van der Waals surface area contributed by atoms with Gasteiger partial charge in [-0.2, -0.15) is 0 Å². The van der Waals surface area contributed by atoms with E-state index in [4.69, 9.17) is 18.8 Å². The number of benzene rings is 2. The van der Waals surface area contributed by atoms with Crippen molar-refractivity contribution in [1.82, 2.24) is 10.3 Å². The molecule has 0 fully saturated rings. The number of carbonyl (C=O) groups is 1. The quantitative estimate of drug-likeness (QED) is 0.597. The van der Waals surface area contributed by atoms with E-state index in [0.717, 1.165) is 11.3 Å². The van der Waals surface area contributed by atoms with E-state index in [0.29, 0.717) is 52.9 Å². The first-order chi connectivity index (χ1) is 16.1. The Labute approximate surface area is 190 Å². The lowest BCUT2D eigenvalue weighted by Crippen LogP contribution is -2.27. The number of hydrogen-bond donors (Lipinski definition) is 2. The molecule has 2 aliphatic rings. The van der Waals surface area contributed by atoms with Crippen molar-refractivity contribution >= 4 is 17.4 Å². The minimum Gasteiger partial charge on any atom is -0.496 e. The molecule has 2 aromatic carbocycles. The van der Waals surface area contributed by atoms with Crippen LogP contribution in [0.15, 0.2) is 58.4 Å². The van der Waals surface area contributed by atoms with Gasteiger partial charge in [-0.15, -0.1) is 0 Å². The van der Waals surface area contributed by atoms with E-state index in [1.54, 1.807) is 27.4 Å². The van der Waals surface area contributed by atoms with Crippen LogP contribution in [0.5, 0.6) is 17.2 Å². The van der Waals surface area contributed by atoms with Gasteiger partial charge in [-0.05, 0) is 34.3 Å². The van der Waals surface area contributed by atoms with Crippen LogP contribution in [0.3, 0.4) is 0 Å². The third kappa shape index (κ3) is 3.65. The van der Waals surface area contributed by atoms with Gasteiger partial charge in [0.05, 0.1) is 27.4 Å². The number of nitrogens with one attached hydrogen (secondary N) is 2. The molecule has 33 heavy (non-hydrogen) atoms. The largest absolute Gasteiger partial charge is 0.496 e. The van der Waals surface area contributed by atoms with Gasteiger partial charge in [0.2, 0.25) is 11.6 Å². The third-order valence-corrected chi connectivity index (χ3v) is 6.15. The molecular formula is C24H24N4O5. The van der Waals surface area contributed by atoms with Crippen molar-refractivity contribution < 1.29 is 23.6 Å². The summed E-state index contributed by atoms with van der Waals surface area (Å²) in [6.07, 6.45) is 1.04. The molecule has 1 aromatic heterocycles. The van der Waals surface area contributed by atoms with Gasteiger partial charge in [-0.1, -0.05) is 30.3 Å². The number of Topliss-reactive ketones (excluding diaryl/α,β-unsaturated/α-hetero) is 1. The van der Waals surface area contributed by atoms with E-state index in [1.165, 1.54) is 0 Å². The molecule has 5 rings (SSSR count). The summed E-state index contributed by atoms with van der Waals surface area (Å²) in [5, 5.41) is 14.6. The molecule has 0 amide bonds. The molecule has 1 aliphatic carbocycles. The number of rotatable bonds is 5. The molecule has 3 aromatic rings. The van der Waals surface area contributed by atoms with Crippen LogP contribution >= 0.6 is 0 Å². The van der Waals surface area contributed by atoms with Gasteiger partial charge in [0.25, 0.3) is 0 Å². The smallest absolute Gasteiger partial charge is 0.219 e. The van der Waals surface area contributed by atoms with Crippen LogP contribution in [-0.4, -0.2) is 37.4 Å². The number of fused-ring (bicyclic) bond motifs is 1. The van der Waals surface area contributed by atoms with Crippen LogP contribution in [0.1, 0.15) is 35.9 Å². The van der Waals surface area contributed by atoms with Crippen molar-refractivity contribution in [2.45, 2.75) is 24.8 Å². The molecule has 0 spiro atoms. The van der Waals surface area contributed by atoms with Crippen LogP contribution in [0.2, 0.25) is 0 Å². The second-order valence-corrected chi connectivity index (χ2v) is 7.94. The molecule has 0 bridgehead atoms. The maximum atomic E-state index is 13.6. The zero-order chi connectivity index (χ0) is 22.9. The summed E-state index contributed by atoms with van der Waals surface area (Å²) in [5.74, 6) is 2.55. The minimum atomic E-state index is -0.556. The highest BCUT2D eigenvalue weighted by molar-refractivity contribution is 6.01. The monoisotopic (exact) mass is 448 g/mol. The van der Waals surface area contributed by atoms with E-state index in [9.17, 15) is 4.79 Å². The van der Waals surface area contributed by atoms with E-state index in [2.05, 4.69) is 33.1 Å². The molecule has 9 nitrogen and oxygen atoms in total. The van der Waals surface area contributed by atoms with Crippen molar-refractivity contribution in [1.29, 1.82) is 0 Å². The Morgan fingerprint density at radius 1 is 0.909 bits per heavy atom. The van der Waals surface area contributed by atoms with E-state index in [-0.39, 0.29) is 11.7 Å². The Morgan fingerprint density at radius 2 is 1.61 bits per heavy atom. The van der Waals surface area contributed by atoms with E-state index < -0.39 is 6.04 Å². The highest BCUT2D eigenvalue weighted by atomic mass is 16.6. The summed E-state index contributed by atoms with van der Waals surface area (Å²) in [6.45, 7) is 0. The summed E-state index contributed by atoms with van der Waals surface area (Å²) in [4.78, 5) is 13.6. The molecule has 2 atom stereocenters. The second kappa shape index (κ2) is 8.50. The maximum Gasteiger partial charge on any atom is 0.219 e. The fourth-order valence-electron chi connectivity index (χ4n) is 4.57. The fraction of sp³-hybridized carbons (Fsp3) is 0.292. The number of hydrogen-bond acceptors (Lipinski definition) is 9. The lowest BCUT2D eigenvalue weighted by molar-refractivity contribution is -0.116. The Balaban J connectivity index is 1.65. The number of aromatic nitrogens is 2. The topological polar surface area (TPSA) is 108 Å². The van der Waals surface area contributed by atoms with Crippen LogP contribution in [0.4, 0.5) is 11.6 Å². The number of methoxy groups -OCH3 is 3. The first kappa shape index (κ1) is 20.9. The van der Waals surface area contributed by atoms with Gasteiger partial charge >= 0.3 is 0 Å². The van der Waals surface area contributed by atoms with Crippen molar-refractivity contribution in [2.75, 3.05) is 32.0 Å². The second-order valence-electron chi connectivity index (χ2n) is 7.94. The van der Waals surface area contributed by atoms with Gasteiger partial charge in [0.15, 0.2) is 17.3 Å². The third-order valence-electron chi connectivity index (χ3n) is 6.15. The first-order valence-corrected chi connectivity index (χ1v) is 10.6. The van der Waals surface area contributed by atoms with E-state index >= 15 is 0 Å². The highest BCUT2D eigenvalue weighted by Gasteiger charge is 2.38. The molecule has 2 unspecified atom stereocenters. The van der Waals surface area contributed by atoms with Gasteiger partial charge in [-0.3, -0.25) is 4.79 Å². The molecule has 0 radical (unpaired) electrons. The molecule has 0 saturated heterocycles. The standard InChI is InChI=1S/C24H24N4O5/c1-30-18-12-20(32-3)19(31-2)11-15(18)22-21-16(25-23-24(26-22)28-33-27-23)9-14(10-17(21)29)13-7-5-4-6-8-13/h4-8,11-12,14,22H,9-10H2,1-3H3,(H,25,27)(H,26,28). The Bertz CT molecular complexity index is 1220. The van der Waals surface area contributed by atoms with Crippen LogP contribution < -0.4 is 24.8 Å².